The van der Waals surface area contributed by atoms with E-state index in [1.807, 2.05) is 0 Å². The van der Waals surface area contributed by atoms with Crippen LogP contribution in [0.4, 0.5) is 10.1 Å². The molecule has 0 aliphatic rings. The summed E-state index contributed by atoms with van der Waals surface area (Å²) >= 11 is 0. The number of carbonyl (C=O) groups is 2. The van der Waals surface area contributed by atoms with Gasteiger partial charge in [0.05, 0.1) is 22.6 Å². The Kier molecular flexibility index (Phi) is 9.38. The summed E-state index contributed by atoms with van der Waals surface area (Å²) in [6.07, 6.45) is 0.268. The quantitative estimate of drug-likeness (QED) is 0.117. The van der Waals surface area contributed by atoms with E-state index >= 15 is 0 Å². The number of rotatable bonds is 11. The summed E-state index contributed by atoms with van der Waals surface area (Å²) in [6, 6.07) is 14.6. The number of benzene rings is 3. The van der Waals surface area contributed by atoms with Gasteiger partial charge in [-0.25, -0.2) is 17.6 Å². The lowest BCUT2D eigenvalue weighted by molar-refractivity contribution is 0.0696. The summed E-state index contributed by atoms with van der Waals surface area (Å²) < 4.78 is 55.2. The van der Waals surface area contributed by atoms with Gasteiger partial charge in [-0.05, 0) is 72.6 Å². The fraction of sp³-hybridized carbons (Fsp3) is 0.312. The molecule has 234 valence electrons. The van der Waals surface area contributed by atoms with E-state index in [9.17, 15) is 27.5 Å². The SMILES string of the molecule is CNC(=O)c1c(-c2ccc(F)cc2)oc2cc(NS(=O)(=O)CCCO[Si](C)(C)C(C)(C)C)c(-c3cccc(C(=O)O)c3)cc12. The van der Waals surface area contributed by atoms with Crippen LogP contribution in [0.25, 0.3) is 33.4 Å². The van der Waals surface area contributed by atoms with Gasteiger partial charge in [0, 0.05) is 36.2 Å². The zero-order chi connectivity index (χ0) is 32.4. The Morgan fingerprint density at radius 3 is 2.32 bits per heavy atom. The van der Waals surface area contributed by atoms with Gasteiger partial charge in [0.2, 0.25) is 10.0 Å². The molecule has 0 saturated carbocycles. The highest BCUT2D eigenvalue weighted by Crippen LogP contribution is 2.40. The summed E-state index contributed by atoms with van der Waals surface area (Å²) in [4.78, 5) is 24.8. The number of carboxylic acid groups (broad SMARTS) is 1. The predicted octanol–water partition coefficient (Wildman–Crippen LogP) is 7.12. The van der Waals surface area contributed by atoms with E-state index in [-0.39, 0.29) is 45.4 Å². The number of carboxylic acids is 1. The second-order valence-corrected chi connectivity index (χ2v) is 18.7. The molecule has 44 heavy (non-hydrogen) atoms. The van der Waals surface area contributed by atoms with Crippen LogP contribution in [0.2, 0.25) is 18.1 Å². The molecule has 3 aromatic carbocycles. The molecule has 0 radical (unpaired) electrons. The smallest absolute Gasteiger partial charge is 0.335 e. The fourth-order valence-corrected chi connectivity index (χ4v) is 6.64. The lowest BCUT2D eigenvalue weighted by Gasteiger charge is -2.36. The number of hydrogen-bond donors (Lipinski definition) is 3. The van der Waals surface area contributed by atoms with E-state index in [1.165, 1.54) is 49.5 Å². The molecule has 1 amide bonds. The Hall–Kier alpha value is -4.00. The number of hydrogen-bond acceptors (Lipinski definition) is 6. The third-order valence-corrected chi connectivity index (χ3v) is 13.8. The first-order chi connectivity index (χ1) is 20.5. The first kappa shape index (κ1) is 32.9. The van der Waals surface area contributed by atoms with Gasteiger partial charge in [-0.1, -0.05) is 32.9 Å². The van der Waals surface area contributed by atoms with Crippen LogP contribution in [0.1, 0.15) is 47.9 Å². The van der Waals surface area contributed by atoms with Gasteiger partial charge in [0.15, 0.2) is 8.32 Å². The van der Waals surface area contributed by atoms with Crippen LogP contribution in [0.3, 0.4) is 0 Å². The summed E-state index contributed by atoms with van der Waals surface area (Å²) in [6.45, 7) is 10.8. The summed E-state index contributed by atoms with van der Waals surface area (Å²) in [7, 11) is -4.48. The molecule has 12 heteroatoms. The molecule has 0 unspecified atom stereocenters. The van der Waals surface area contributed by atoms with E-state index in [1.54, 1.807) is 18.2 Å². The van der Waals surface area contributed by atoms with E-state index in [2.05, 4.69) is 43.9 Å². The van der Waals surface area contributed by atoms with Crippen LogP contribution in [-0.2, 0) is 14.4 Å². The number of fused-ring (bicyclic) bond motifs is 1. The van der Waals surface area contributed by atoms with Gasteiger partial charge in [0.25, 0.3) is 5.91 Å². The third kappa shape index (κ3) is 7.20. The van der Waals surface area contributed by atoms with Crippen molar-refractivity contribution in [3.8, 4) is 22.5 Å². The lowest BCUT2D eigenvalue weighted by atomic mass is 9.97. The summed E-state index contributed by atoms with van der Waals surface area (Å²) in [5.41, 5.74) is 1.73. The minimum atomic E-state index is -3.89. The summed E-state index contributed by atoms with van der Waals surface area (Å²) in [5.74, 6) is -2.12. The van der Waals surface area contributed by atoms with Gasteiger partial charge in [-0.2, -0.15) is 0 Å². The maximum Gasteiger partial charge on any atom is 0.335 e. The van der Waals surface area contributed by atoms with E-state index in [0.717, 1.165) is 0 Å². The number of anilines is 1. The number of aromatic carboxylic acids is 1. The molecule has 4 rings (SSSR count). The molecule has 0 bridgehead atoms. The first-order valence-corrected chi connectivity index (χ1v) is 18.7. The zero-order valence-corrected chi connectivity index (χ0v) is 27.4. The molecule has 0 aliphatic heterocycles. The highest BCUT2D eigenvalue weighted by atomic mass is 32.2. The minimum Gasteiger partial charge on any atom is -0.478 e. The average molecular weight is 641 g/mol. The molecule has 0 fully saturated rings. The van der Waals surface area contributed by atoms with Crippen LogP contribution in [0.5, 0.6) is 0 Å². The van der Waals surface area contributed by atoms with E-state index < -0.39 is 36.0 Å². The standard InChI is InChI=1S/C32H37FN2O7SSi/c1-32(2,3)44(5,6)41-15-8-16-43(39,40)35-26-19-27-25(18-24(26)21-9-7-10-22(17-21)31(37)38)28(30(36)34-4)29(42-27)20-11-13-23(33)14-12-20/h7,9-14,17-19,35H,8,15-16H2,1-6H3,(H,34,36)(H,37,38). The average Bonchev–Trinajstić information content (AvgIpc) is 3.32. The van der Waals surface area contributed by atoms with Crippen molar-refractivity contribution in [2.45, 2.75) is 45.3 Å². The molecule has 1 aromatic heterocycles. The lowest BCUT2D eigenvalue weighted by Crippen LogP contribution is -2.41. The number of nitrogens with one attached hydrogen (secondary N) is 2. The Morgan fingerprint density at radius 2 is 1.70 bits per heavy atom. The monoisotopic (exact) mass is 640 g/mol. The zero-order valence-electron chi connectivity index (χ0n) is 25.6. The Balaban J connectivity index is 1.80. The molecule has 1 heterocycles. The van der Waals surface area contributed by atoms with Gasteiger partial charge < -0.3 is 19.3 Å². The second-order valence-electron chi connectivity index (χ2n) is 12.1. The second kappa shape index (κ2) is 12.5. The van der Waals surface area contributed by atoms with Crippen molar-refractivity contribution >= 4 is 46.9 Å². The Bertz CT molecular complexity index is 1810. The van der Waals surface area contributed by atoms with Crippen molar-refractivity contribution in [3.05, 3.63) is 77.6 Å². The molecule has 0 aliphatic carbocycles. The van der Waals surface area contributed by atoms with Gasteiger partial charge >= 0.3 is 5.97 Å². The van der Waals surface area contributed by atoms with Crippen molar-refractivity contribution in [2.24, 2.45) is 0 Å². The molecule has 0 atom stereocenters. The van der Waals surface area contributed by atoms with Crippen molar-refractivity contribution in [1.29, 1.82) is 0 Å². The summed E-state index contributed by atoms with van der Waals surface area (Å²) in [5, 5.41) is 12.5. The minimum absolute atomic E-state index is 0.00454. The third-order valence-electron chi connectivity index (χ3n) is 7.90. The van der Waals surface area contributed by atoms with Crippen LogP contribution >= 0.6 is 0 Å². The number of furan rings is 1. The predicted molar refractivity (Wildman–Crippen MR) is 173 cm³/mol. The molecule has 0 saturated heterocycles. The molecular weight excluding hydrogens is 604 g/mol. The molecule has 4 aromatic rings. The van der Waals surface area contributed by atoms with Gasteiger partial charge in [-0.15, -0.1) is 0 Å². The fourth-order valence-electron chi connectivity index (χ4n) is 4.45. The van der Waals surface area contributed by atoms with Crippen molar-refractivity contribution in [2.75, 3.05) is 24.1 Å². The highest BCUT2D eigenvalue weighted by Gasteiger charge is 2.37. The van der Waals surface area contributed by atoms with Crippen molar-refractivity contribution in [3.63, 3.8) is 0 Å². The maximum atomic E-state index is 13.7. The van der Waals surface area contributed by atoms with Gasteiger partial charge in [-0.3, -0.25) is 9.52 Å². The van der Waals surface area contributed by atoms with Crippen molar-refractivity contribution in [1.82, 2.24) is 5.32 Å². The number of amides is 1. The molecular formula is C32H37FN2O7SSi. The van der Waals surface area contributed by atoms with Crippen LogP contribution in [-0.4, -0.2) is 53.1 Å². The van der Waals surface area contributed by atoms with Crippen LogP contribution in [0, 0.1) is 5.82 Å². The number of sulfonamides is 1. The van der Waals surface area contributed by atoms with E-state index in [0.29, 0.717) is 28.7 Å². The molecule has 3 N–H and O–H groups in total. The topological polar surface area (TPSA) is 135 Å². The maximum absolute atomic E-state index is 13.7. The normalized spacial score (nSPS) is 12.3. The van der Waals surface area contributed by atoms with Crippen LogP contribution in [0.15, 0.2) is 65.1 Å². The largest absolute Gasteiger partial charge is 0.478 e. The van der Waals surface area contributed by atoms with E-state index in [4.69, 9.17) is 8.84 Å². The highest BCUT2D eigenvalue weighted by molar-refractivity contribution is 7.92. The molecule has 9 nitrogen and oxygen atoms in total. The first-order valence-electron chi connectivity index (χ1n) is 14.1. The Labute approximate surface area is 257 Å². The van der Waals surface area contributed by atoms with Crippen molar-refractivity contribution < 1.29 is 36.3 Å². The Morgan fingerprint density at radius 1 is 1.02 bits per heavy atom. The number of carbonyl (C=O) groups excluding carboxylic acids is 1. The molecule has 0 spiro atoms. The van der Waals surface area contributed by atoms with Crippen LogP contribution < -0.4 is 10.0 Å². The number of halogens is 1. The van der Waals surface area contributed by atoms with Gasteiger partial charge in [0.1, 0.15) is 17.2 Å².